The summed E-state index contributed by atoms with van der Waals surface area (Å²) in [5.41, 5.74) is 2.73. The first kappa shape index (κ1) is 22.7. The third-order valence-electron chi connectivity index (χ3n) is 4.39. The Morgan fingerprint density at radius 2 is 1.50 bits per heavy atom. The van der Waals surface area contributed by atoms with Crippen LogP contribution in [0.25, 0.3) is 0 Å². The van der Waals surface area contributed by atoms with Crippen molar-refractivity contribution in [2.45, 2.75) is 32.1 Å². The van der Waals surface area contributed by atoms with E-state index in [1.54, 1.807) is 43.3 Å². The summed E-state index contributed by atoms with van der Waals surface area (Å²) >= 11 is 23.9. The van der Waals surface area contributed by atoms with Gasteiger partial charge < -0.3 is 9.47 Å². The van der Waals surface area contributed by atoms with Crippen molar-refractivity contribution >= 4 is 64.1 Å². The second-order valence-electron chi connectivity index (χ2n) is 6.80. The first-order valence-electron chi connectivity index (χ1n) is 8.74. The number of nitrogens with one attached hydrogen (secondary N) is 1. The Labute approximate surface area is 193 Å². The molecule has 1 heterocycles. The Hall–Kier alpha value is -1.99. The van der Waals surface area contributed by atoms with Crippen LogP contribution < -0.4 is 5.43 Å². The van der Waals surface area contributed by atoms with Gasteiger partial charge in [0.25, 0.3) is 0 Å². The summed E-state index contributed by atoms with van der Waals surface area (Å²) in [6.45, 7) is 1.49. The average molecular weight is 490 g/mol. The number of ether oxygens (including phenoxy) is 2. The molecule has 0 spiro atoms. The fourth-order valence-electron chi connectivity index (χ4n) is 2.65. The van der Waals surface area contributed by atoms with Crippen molar-refractivity contribution in [1.29, 1.82) is 0 Å². The quantitative estimate of drug-likeness (QED) is 0.564. The predicted molar refractivity (Wildman–Crippen MR) is 116 cm³/mol. The van der Waals surface area contributed by atoms with E-state index >= 15 is 0 Å². The summed E-state index contributed by atoms with van der Waals surface area (Å²) < 4.78 is 10.6. The van der Waals surface area contributed by atoms with E-state index in [4.69, 9.17) is 55.9 Å². The van der Waals surface area contributed by atoms with Gasteiger partial charge in [-0.3, -0.25) is 5.43 Å². The van der Waals surface area contributed by atoms with Crippen molar-refractivity contribution in [3.8, 4) is 0 Å². The van der Waals surface area contributed by atoms with Crippen LogP contribution in [-0.4, -0.2) is 23.2 Å². The highest BCUT2D eigenvalue weighted by Crippen LogP contribution is 2.25. The second-order valence-corrected chi connectivity index (χ2v) is 8.49. The highest BCUT2D eigenvalue weighted by atomic mass is 35.5. The lowest BCUT2D eigenvalue weighted by Crippen LogP contribution is -2.45. The van der Waals surface area contributed by atoms with Gasteiger partial charge in [-0.25, -0.2) is 9.59 Å². The Morgan fingerprint density at radius 3 is 2.03 bits per heavy atom. The third kappa shape index (κ3) is 5.38. The maximum atomic E-state index is 12.5. The lowest BCUT2D eigenvalue weighted by molar-refractivity contribution is -0.151. The maximum Gasteiger partial charge on any atom is 0.354 e. The van der Waals surface area contributed by atoms with Gasteiger partial charge in [-0.15, -0.1) is 0 Å². The average Bonchev–Trinajstić information content (AvgIpc) is 3.10. The van der Waals surface area contributed by atoms with E-state index in [0.29, 0.717) is 31.2 Å². The minimum Gasteiger partial charge on any atom is -0.459 e. The summed E-state index contributed by atoms with van der Waals surface area (Å²) in [5.74, 6) is -1.24. The van der Waals surface area contributed by atoms with Gasteiger partial charge in [0, 0.05) is 37.6 Å². The molecule has 10 heteroatoms. The molecule has 0 bridgehead atoms. The smallest absolute Gasteiger partial charge is 0.354 e. The molecule has 0 aliphatic carbocycles. The van der Waals surface area contributed by atoms with Crippen LogP contribution in [0.4, 0.5) is 0 Å². The van der Waals surface area contributed by atoms with Crippen molar-refractivity contribution in [3.63, 3.8) is 0 Å². The van der Waals surface area contributed by atoms with Crippen LogP contribution in [0.1, 0.15) is 24.5 Å². The van der Waals surface area contributed by atoms with Crippen molar-refractivity contribution in [2.24, 2.45) is 5.10 Å². The molecular formula is C20H16Cl4N2O4. The number of halogens is 4. The van der Waals surface area contributed by atoms with Crippen molar-refractivity contribution in [3.05, 3.63) is 67.6 Å². The zero-order valence-corrected chi connectivity index (χ0v) is 18.7. The topological polar surface area (TPSA) is 77.0 Å². The summed E-state index contributed by atoms with van der Waals surface area (Å²) in [7, 11) is 0. The lowest BCUT2D eigenvalue weighted by atomic mass is 9.97. The van der Waals surface area contributed by atoms with E-state index in [9.17, 15) is 9.59 Å². The van der Waals surface area contributed by atoms with E-state index in [1.807, 2.05) is 0 Å². The monoisotopic (exact) mass is 488 g/mol. The summed E-state index contributed by atoms with van der Waals surface area (Å²) in [4.78, 5) is 24.9. The van der Waals surface area contributed by atoms with Crippen LogP contribution in [0.2, 0.25) is 20.1 Å². The van der Waals surface area contributed by atoms with E-state index in [2.05, 4.69) is 10.5 Å². The van der Waals surface area contributed by atoms with E-state index < -0.39 is 17.5 Å². The van der Waals surface area contributed by atoms with Gasteiger partial charge in [-0.05, 0) is 31.2 Å². The number of carbonyl (C=O) groups excluding carboxylic acids is 2. The zero-order chi connectivity index (χ0) is 21.9. The first-order chi connectivity index (χ1) is 14.2. The minimum atomic E-state index is -1.20. The van der Waals surface area contributed by atoms with E-state index in [0.717, 1.165) is 0 Å². The molecule has 0 aromatic heterocycles. The van der Waals surface area contributed by atoms with Gasteiger partial charge in [0.1, 0.15) is 18.9 Å². The van der Waals surface area contributed by atoms with Crippen LogP contribution in [-0.2, 0) is 32.3 Å². The molecule has 158 valence electrons. The standard InChI is InChI=1S/C20H16Cl4N2O4/c1-20(19(28)30-10-12-3-5-14(22)7-16(12)24)8-17(25-26-20)18(27)29-9-11-2-4-13(21)6-15(11)23/h2-7,26H,8-10H2,1H3. The highest BCUT2D eigenvalue weighted by molar-refractivity contribution is 6.38. The molecule has 30 heavy (non-hydrogen) atoms. The van der Waals surface area contributed by atoms with Crippen LogP contribution in [0, 0.1) is 0 Å². The first-order valence-corrected chi connectivity index (χ1v) is 10.2. The second kappa shape index (κ2) is 9.43. The van der Waals surface area contributed by atoms with Crippen molar-refractivity contribution in [2.75, 3.05) is 0 Å². The fourth-order valence-corrected chi connectivity index (χ4v) is 3.57. The van der Waals surface area contributed by atoms with Gasteiger partial charge >= 0.3 is 11.9 Å². The van der Waals surface area contributed by atoms with Crippen LogP contribution in [0.15, 0.2) is 41.5 Å². The van der Waals surface area contributed by atoms with Crippen molar-refractivity contribution in [1.82, 2.24) is 5.43 Å². The Kier molecular flexibility index (Phi) is 7.14. The van der Waals surface area contributed by atoms with Crippen LogP contribution in [0.3, 0.4) is 0 Å². The van der Waals surface area contributed by atoms with Crippen LogP contribution >= 0.6 is 46.4 Å². The molecule has 1 N–H and O–H groups in total. The zero-order valence-electron chi connectivity index (χ0n) is 15.7. The summed E-state index contributed by atoms with van der Waals surface area (Å²) in [6.07, 6.45) is 0.00731. The molecule has 3 rings (SSSR count). The number of nitrogens with zero attached hydrogens (tertiary/aromatic N) is 1. The molecule has 0 amide bonds. The number of hydrogen-bond donors (Lipinski definition) is 1. The molecule has 1 unspecified atom stereocenters. The number of rotatable bonds is 6. The molecule has 0 fully saturated rings. The Morgan fingerprint density at radius 1 is 0.967 bits per heavy atom. The normalized spacial score (nSPS) is 17.8. The van der Waals surface area contributed by atoms with Crippen molar-refractivity contribution < 1.29 is 19.1 Å². The maximum absolute atomic E-state index is 12.5. The number of esters is 2. The minimum absolute atomic E-state index is 0.00731. The molecule has 1 aliphatic rings. The molecular weight excluding hydrogens is 474 g/mol. The Balaban J connectivity index is 1.54. The SMILES string of the molecule is CC1(C(=O)OCc2ccc(Cl)cc2Cl)CC(C(=O)OCc2ccc(Cl)cc2Cl)=NN1. The number of hydrazone groups is 1. The highest BCUT2D eigenvalue weighted by Gasteiger charge is 2.42. The van der Waals surface area contributed by atoms with Gasteiger partial charge in [-0.1, -0.05) is 58.5 Å². The molecule has 2 aromatic carbocycles. The fraction of sp³-hybridized carbons (Fsp3) is 0.250. The number of benzene rings is 2. The number of carbonyl (C=O) groups is 2. The summed E-state index contributed by atoms with van der Waals surface area (Å²) in [6, 6.07) is 9.74. The molecule has 0 saturated heterocycles. The lowest BCUT2D eigenvalue weighted by Gasteiger charge is -2.21. The third-order valence-corrected chi connectivity index (χ3v) is 5.57. The summed E-state index contributed by atoms with van der Waals surface area (Å²) in [5, 5.41) is 5.67. The molecule has 6 nitrogen and oxygen atoms in total. The molecule has 0 saturated carbocycles. The van der Waals surface area contributed by atoms with Crippen LogP contribution in [0.5, 0.6) is 0 Å². The van der Waals surface area contributed by atoms with Gasteiger partial charge in [0.15, 0.2) is 5.54 Å². The van der Waals surface area contributed by atoms with Gasteiger partial charge in [0.05, 0.1) is 0 Å². The Bertz CT molecular complexity index is 1030. The van der Waals surface area contributed by atoms with E-state index in [-0.39, 0.29) is 25.3 Å². The molecule has 2 aromatic rings. The van der Waals surface area contributed by atoms with Gasteiger partial charge in [-0.2, -0.15) is 5.10 Å². The molecule has 1 atom stereocenters. The predicted octanol–water partition coefficient (Wildman–Crippen LogP) is 5.19. The number of hydrogen-bond acceptors (Lipinski definition) is 6. The molecule has 0 radical (unpaired) electrons. The van der Waals surface area contributed by atoms with E-state index in [1.165, 1.54) is 0 Å². The van der Waals surface area contributed by atoms with Gasteiger partial charge in [0.2, 0.25) is 0 Å². The largest absolute Gasteiger partial charge is 0.459 e. The molecule has 1 aliphatic heterocycles.